The Hall–Kier alpha value is -1.49. The van der Waals surface area contributed by atoms with Crippen molar-refractivity contribution >= 4 is 20.7 Å². The van der Waals surface area contributed by atoms with E-state index in [1.54, 1.807) is 0 Å². The van der Waals surface area contributed by atoms with Gasteiger partial charge in [-0.2, -0.15) is 15.0 Å². The number of ether oxygens (including phenoxy) is 1. The van der Waals surface area contributed by atoms with Crippen LogP contribution in [0.1, 0.15) is 132 Å². The summed E-state index contributed by atoms with van der Waals surface area (Å²) >= 11 is 0. The standard InChI is InChI=1S/C31H63N5O4Si/c1-8-13-15-17-19-21-25-36(26-22-20-18-16-14-9-2)30-33-29(34-31(35-30)40-28(6)7)32-24-23-27-41(37-10-3,38-11-4)39-12-5/h28H,8-27H2,1-7H3,(H,32,33,34,35). The van der Waals surface area contributed by atoms with Crippen LogP contribution in [0.5, 0.6) is 6.01 Å². The molecule has 1 aromatic rings. The first-order valence-electron chi connectivity index (χ1n) is 16.8. The lowest BCUT2D eigenvalue weighted by Crippen LogP contribution is -2.46. The van der Waals surface area contributed by atoms with E-state index in [1.165, 1.54) is 64.2 Å². The Morgan fingerprint density at radius 1 is 0.659 bits per heavy atom. The molecule has 0 spiro atoms. The van der Waals surface area contributed by atoms with Crippen LogP contribution in [0.4, 0.5) is 11.9 Å². The fraction of sp³-hybridized carbons (Fsp3) is 0.903. The highest BCUT2D eigenvalue weighted by atomic mass is 28.4. The predicted octanol–water partition coefficient (Wildman–Crippen LogP) is 8.04. The van der Waals surface area contributed by atoms with Crippen molar-refractivity contribution in [2.45, 2.75) is 144 Å². The molecule has 0 aliphatic heterocycles. The molecule has 9 nitrogen and oxygen atoms in total. The SMILES string of the molecule is CCCCCCCCN(CCCCCCCC)c1nc(NCCC[Si](OCC)(OCC)OCC)nc(OC(C)C)n1. The first-order chi connectivity index (χ1) is 19.9. The van der Waals surface area contributed by atoms with Crippen molar-refractivity contribution in [2.24, 2.45) is 0 Å². The quantitative estimate of drug-likeness (QED) is 0.0761. The number of anilines is 2. The second-order valence-electron chi connectivity index (χ2n) is 10.9. The van der Waals surface area contributed by atoms with Crippen molar-refractivity contribution < 1.29 is 18.0 Å². The summed E-state index contributed by atoms with van der Waals surface area (Å²) in [6.07, 6.45) is 16.0. The number of rotatable bonds is 28. The molecule has 0 radical (unpaired) electrons. The molecule has 0 aliphatic rings. The van der Waals surface area contributed by atoms with E-state index in [9.17, 15) is 0 Å². The molecule has 0 bridgehead atoms. The van der Waals surface area contributed by atoms with E-state index in [0.717, 1.165) is 38.4 Å². The molecule has 0 atom stereocenters. The molecule has 0 amide bonds. The van der Waals surface area contributed by atoms with Crippen LogP contribution < -0.4 is 15.0 Å². The van der Waals surface area contributed by atoms with Gasteiger partial charge in [-0.25, -0.2) is 0 Å². The molecule has 0 fully saturated rings. The number of nitrogens with zero attached hydrogens (tertiary/aromatic N) is 4. The van der Waals surface area contributed by atoms with Gasteiger partial charge < -0.3 is 28.2 Å². The summed E-state index contributed by atoms with van der Waals surface area (Å²) in [7, 11) is -2.68. The largest absolute Gasteiger partial charge is 0.500 e. The predicted molar refractivity (Wildman–Crippen MR) is 173 cm³/mol. The van der Waals surface area contributed by atoms with Crippen molar-refractivity contribution in [3.05, 3.63) is 0 Å². The lowest BCUT2D eigenvalue weighted by atomic mass is 10.1. The number of aromatic nitrogens is 3. The Morgan fingerprint density at radius 2 is 1.17 bits per heavy atom. The Labute approximate surface area is 253 Å². The second-order valence-corrected chi connectivity index (χ2v) is 13.7. The van der Waals surface area contributed by atoms with E-state index in [-0.39, 0.29) is 6.10 Å². The van der Waals surface area contributed by atoms with Crippen molar-refractivity contribution in [1.82, 2.24) is 15.0 Å². The summed E-state index contributed by atoms with van der Waals surface area (Å²) in [5.74, 6) is 1.26. The summed E-state index contributed by atoms with van der Waals surface area (Å²) in [6, 6.07) is 1.12. The fourth-order valence-electron chi connectivity index (χ4n) is 4.81. The Morgan fingerprint density at radius 3 is 1.66 bits per heavy atom. The Kier molecular flexibility index (Phi) is 22.0. The maximum Gasteiger partial charge on any atom is 0.500 e. The average molecular weight is 598 g/mol. The zero-order valence-corrected chi connectivity index (χ0v) is 28.6. The van der Waals surface area contributed by atoms with Gasteiger partial charge in [0.05, 0.1) is 6.10 Å². The molecule has 240 valence electrons. The summed E-state index contributed by atoms with van der Waals surface area (Å²) < 4.78 is 24.0. The van der Waals surface area contributed by atoms with Gasteiger partial charge in [0.15, 0.2) is 0 Å². The molecular weight excluding hydrogens is 534 g/mol. The highest BCUT2D eigenvalue weighted by Crippen LogP contribution is 2.21. The minimum atomic E-state index is -2.68. The smallest absolute Gasteiger partial charge is 0.461 e. The van der Waals surface area contributed by atoms with Gasteiger partial charge in [-0.15, -0.1) is 0 Å². The van der Waals surface area contributed by atoms with E-state index in [2.05, 4.69) is 29.0 Å². The minimum Gasteiger partial charge on any atom is -0.461 e. The molecule has 0 unspecified atom stereocenters. The number of nitrogens with one attached hydrogen (secondary N) is 1. The van der Waals surface area contributed by atoms with Crippen LogP contribution in [0.2, 0.25) is 6.04 Å². The summed E-state index contributed by atoms with van der Waals surface area (Å²) in [6.45, 7) is 18.8. The lowest BCUT2D eigenvalue weighted by molar-refractivity contribution is 0.0710. The molecule has 0 aliphatic carbocycles. The number of unbranched alkanes of at least 4 members (excludes halogenated alkanes) is 10. The molecule has 1 aromatic heterocycles. The average Bonchev–Trinajstić information content (AvgIpc) is 2.93. The maximum absolute atomic E-state index is 6.01. The molecule has 10 heteroatoms. The number of hydrogen-bond acceptors (Lipinski definition) is 9. The number of hydrogen-bond donors (Lipinski definition) is 1. The van der Waals surface area contributed by atoms with Crippen molar-refractivity contribution in [3.8, 4) is 6.01 Å². The zero-order chi connectivity index (χ0) is 30.2. The van der Waals surface area contributed by atoms with Crippen LogP contribution in [-0.2, 0) is 13.3 Å². The summed E-state index contributed by atoms with van der Waals surface area (Å²) in [5.41, 5.74) is 0. The summed E-state index contributed by atoms with van der Waals surface area (Å²) in [5, 5.41) is 3.42. The minimum absolute atomic E-state index is 0.0149. The maximum atomic E-state index is 6.01. The lowest BCUT2D eigenvalue weighted by Gasteiger charge is -2.28. The highest BCUT2D eigenvalue weighted by Gasteiger charge is 2.39. The molecule has 0 saturated carbocycles. The Balaban J connectivity index is 2.95. The van der Waals surface area contributed by atoms with Crippen LogP contribution in [0.3, 0.4) is 0 Å². The molecule has 0 aromatic carbocycles. The van der Waals surface area contributed by atoms with E-state index in [4.69, 9.17) is 28.0 Å². The highest BCUT2D eigenvalue weighted by molar-refractivity contribution is 6.60. The monoisotopic (exact) mass is 597 g/mol. The van der Waals surface area contributed by atoms with Crippen LogP contribution >= 0.6 is 0 Å². The zero-order valence-electron chi connectivity index (χ0n) is 27.6. The third-order valence-corrected chi connectivity index (χ3v) is 9.98. The second kappa shape index (κ2) is 24.0. The van der Waals surface area contributed by atoms with Crippen LogP contribution in [0.25, 0.3) is 0 Å². The normalized spacial score (nSPS) is 11.8. The van der Waals surface area contributed by atoms with Gasteiger partial charge in [0.1, 0.15) is 0 Å². The van der Waals surface area contributed by atoms with Gasteiger partial charge in [-0.3, -0.25) is 0 Å². The van der Waals surface area contributed by atoms with Gasteiger partial charge in [0.25, 0.3) is 0 Å². The third kappa shape index (κ3) is 17.3. The molecule has 1 N–H and O–H groups in total. The van der Waals surface area contributed by atoms with Gasteiger partial charge in [-0.05, 0) is 53.9 Å². The van der Waals surface area contributed by atoms with Crippen molar-refractivity contribution in [3.63, 3.8) is 0 Å². The molecule has 0 saturated heterocycles. The van der Waals surface area contributed by atoms with Crippen LogP contribution in [0, 0.1) is 0 Å². The molecule has 1 rings (SSSR count). The fourth-order valence-corrected chi connectivity index (χ4v) is 7.43. The van der Waals surface area contributed by atoms with Crippen molar-refractivity contribution in [2.75, 3.05) is 49.7 Å². The van der Waals surface area contributed by atoms with Gasteiger partial charge in [0, 0.05) is 45.5 Å². The first kappa shape index (κ1) is 37.5. The topological polar surface area (TPSA) is 90.9 Å². The van der Waals surface area contributed by atoms with E-state index >= 15 is 0 Å². The molecule has 1 heterocycles. The molecule has 41 heavy (non-hydrogen) atoms. The van der Waals surface area contributed by atoms with Gasteiger partial charge in [-0.1, -0.05) is 78.1 Å². The van der Waals surface area contributed by atoms with Gasteiger partial charge in [0.2, 0.25) is 11.9 Å². The van der Waals surface area contributed by atoms with E-state index in [1.807, 2.05) is 34.6 Å². The van der Waals surface area contributed by atoms with E-state index < -0.39 is 8.80 Å². The van der Waals surface area contributed by atoms with E-state index in [0.29, 0.717) is 44.3 Å². The van der Waals surface area contributed by atoms with Crippen molar-refractivity contribution in [1.29, 1.82) is 0 Å². The first-order valence-corrected chi connectivity index (χ1v) is 18.7. The Bertz CT molecular complexity index is 726. The van der Waals surface area contributed by atoms with Gasteiger partial charge >= 0.3 is 14.8 Å². The van der Waals surface area contributed by atoms with Crippen LogP contribution in [-0.4, -0.2) is 69.3 Å². The summed E-state index contributed by atoms with van der Waals surface area (Å²) in [4.78, 5) is 16.6. The third-order valence-electron chi connectivity index (χ3n) is 6.83. The molecular formula is C31H63N5O4Si. The van der Waals surface area contributed by atoms with Crippen LogP contribution in [0.15, 0.2) is 0 Å².